The Labute approximate surface area is 309 Å². The average Bonchev–Trinajstić information content (AvgIpc) is 3.53. The van der Waals surface area contributed by atoms with E-state index < -0.39 is 0 Å². The summed E-state index contributed by atoms with van der Waals surface area (Å²) in [6.45, 7) is 9.66. The van der Waals surface area contributed by atoms with Crippen molar-refractivity contribution in [2.75, 3.05) is 0 Å². The molecule has 10 rings (SSSR count). The van der Waals surface area contributed by atoms with Crippen LogP contribution >= 0.6 is 0 Å². The summed E-state index contributed by atoms with van der Waals surface area (Å²) in [5, 5.41) is 5.10. The predicted molar refractivity (Wildman–Crippen MR) is 219 cm³/mol. The fourth-order valence-corrected chi connectivity index (χ4v) is 8.47. The van der Waals surface area contributed by atoms with Crippen LogP contribution in [0.3, 0.4) is 0 Å². The van der Waals surface area contributed by atoms with Crippen LogP contribution in [0, 0.1) is 0 Å². The summed E-state index contributed by atoms with van der Waals surface area (Å²) in [5.41, 5.74) is 11.6. The normalized spacial score (nSPS) is 14.3. The average molecular weight is 683 g/mol. The van der Waals surface area contributed by atoms with Crippen LogP contribution < -0.4 is 0 Å². The van der Waals surface area contributed by atoms with E-state index in [0.29, 0.717) is 17.5 Å². The van der Waals surface area contributed by atoms with Crippen LogP contribution in [-0.2, 0) is 10.8 Å². The quantitative estimate of drug-likeness (QED) is 0.186. The zero-order valence-electron chi connectivity index (χ0n) is 30.3. The molecule has 0 aliphatic heterocycles. The molecule has 4 nitrogen and oxygen atoms in total. The number of hydrogen-bond donors (Lipinski definition) is 0. The Kier molecular flexibility index (Phi) is 6.84. The van der Waals surface area contributed by atoms with Crippen LogP contribution in [0.15, 0.2) is 158 Å². The lowest BCUT2D eigenvalue weighted by Crippen LogP contribution is -2.43. The molecule has 1 aliphatic rings. The molecule has 53 heavy (non-hydrogen) atoms. The monoisotopic (exact) mass is 682 g/mol. The van der Waals surface area contributed by atoms with Gasteiger partial charge >= 0.3 is 0 Å². The van der Waals surface area contributed by atoms with E-state index >= 15 is 0 Å². The summed E-state index contributed by atoms with van der Waals surface area (Å²) >= 11 is 0. The zero-order chi connectivity index (χ0) is 35.9. The highest BCUT2D eigenvalue weighted by Crippen LogP contribution is 2.56. The molecule has 0 unspecified atom stereocenters. The number of benzene rings is 7. The Morgan fingerprint density at radius 1 is 0.415 bits per heavy atom. The second-order valence-electron chi connectivity index (χ2n) is 15.3. The smallest absolute Gasteiger partial charge is 0.164 e. The van der Waals surface area contributed by atoms with Gasteiger partial charge in [-0.3, -0.25) is 0 Å². The van der Waals surface area contributed by atoms with Crippen molar-refractivity contribution in [1.82, 2.24) is 19.5 Å². The molecule has 2 aromatic heterocycles. The van der Waals surface area contributed by atoms with Gasteiger partial charge in [-0.15, -0.1) is 0 Å². The van der Waals surface area contributed by atoms with Crippen LogP contribution in [0.5, 0.6) is 0 Å². The molecule has 2 heterocycles. The van der Waals surface area contributed by atoms with Crippen molar-refractivity contribution in [1.29, 1.82) is 0 Å². The number of rotatable bonds is 4. The van der Waals surface area contributed by atoms with Crippen LogP contribution in [0.4, 0.5) is 0 Å². The first-order chi connectivity index (χ1) is 25.8. The molecule has 0 amide bonds. The Hall–Kier alpha value is -6.39. The van der Waals surface area contributed by atoms with Gasteiger partial charge in [-0.05, 0) is 86.3 Å². The first-order valence-electron chi connectivity index (χ1n) is 18.4. The first kappa shape index (κ1) is 31.4. The van der Waals surface area contributed by atoms with Gasteiger partial charge in [-0.2, -0.15) is 0 Å². The summed E-state index contributed by atoms with van der Waals surface area (Å²) < 4.78 is 2.43. The van der Waals surface area contributed by atoms with Crippen LogP contribution in [0.25, 0.3) is 83.6 Å². The van der Waals surface area contributed by atoms with Crippen molar-refractivity contribution in [3.8, 4) is 51.0 Å². The van der Waals surface area contributed by atoms with E-state index in [1.165, 1.54) is 54.8 Å². The molecular weight excluding hydrogens is 645 g/mol. The van der Waals surface area contributed by atoms with Crippen LogP contribution in [0.2, 0.25) is 0 Å². The molecule has 7 aromatic carbocycles. The standard InChI is InChI=1S/C49H38N4/c1-48(2)40-28-25-31-15-11-12-20-36(31)44(40)39-29-38-37-21-13-14-22-42(37)53(43(38)30-41(39)49(48,3)4)35-26-23-34(24-27-35)47-51-45(32-16-7-5-8-17-32)50-46(52-47)33-18-9-6-10-19-33/h5-30H,1-4H3. The summed E-state index contributed by atoms with van der Waals surface area (Å²) in [5.74, 6) is 1.96. The molecule has 9 aromatic rings. The van der Waals surface area contributed by atoms with Gasteiger partial charge in [0.1, 0.15) is 0 Å². The van der Waals surface area contributed by atoms with Gasteiger partial charge in [-0.1, -0.05) is 143 Å². The molecule has 0 saturated carbocycles. The Morgan fingerprint density at radius 3 is 1.58 bits per heavy atom. The van der Waals surface area contributed by atoms with E-state index in [0.717, 1.165) is 22.4 Å². The maximum Gasteiger partial charge on any atom is 0.164 e. The Morgan fingerprint density at radius 2 is 0.943 bits per heavy atom. The van der Waals surface area contributed by atoms with Crippen LogP contribution in [0.1, 0.15) is 38.8 Å². The Bertz CT molecular complexity index is 2810. The van der Waals surface area contributed by atoms with E-state index in [1.807, 2.05) is 60.7 Å². The van der Waals surface area contributed by atoms with E-state index in [2.05, 4.69) is 129 Å². The highest BCUT2D eigenvalue weighted by Gasteiger charge is 2.46. The summed E-state index contributed by atoms with van der Waals surface area (Å²) in [6.07, 6.45) is 0. The van der Waals surface area contributed by atoms with Crippen molar-refractivity contribution in [3.63, 3.8) is 0 Å². The third-order valence-corrected chi connectivity index (χ3v) is 12.0. The summed E-state index contributed by atoms with van der Waals surface area (Å²) in [4.78, 5) is 14.8. The highest BCUT2D eigenvalue weighted by atomic mass is 15.0. The van der Waals surface area contributed by atoms with E-state index in [1.54, 1.807) is 0 Å². The number of nitrogens with zero attached hydrogens (tertiary/aromatic N) is 4. The van der Waals surface area contributed by atoms with E-state index in [9.17, 15) is 0 Å². The lowest BCUT2D eigenvalue weighted by atomic mass is 9.55. The fraction of sp³-hybridized carbons (Fsp3) is 0.122. The van der Waals surface area contributed by atoms with Gasteiger partial charge in [0.15, 0.2) is 17.5 Å². The van der Waals surface area contributed by atoms with Gasteiger partial charge in [0.05, 0.1) is 11.0 Å². The van der Waals surface area contributed by atoms with Crippen molar-refractivity contribution in [2.24, 2.45) is 0 Å². The fourth-order valence-electron chi connectivity index (χ4n) is 8.47. The van der Waals surface area contributed by atoms with Gasteiger partial charge in [0.2, 0.25) is 0 Å². The molecular formula is C49H38N4. The highest BCUT2D eigenvalue weighted by molar-refractivity contribution is 6.13. The maximum atomic E-state index is 4.98. The minimum absolute atomic E-state index is 0.0900. The van der Waals surface area contributed by atoms with Crippen molar-refractivity contribution >= 4 is 32.6 Å². The summed E-state index contributed by atoms with van der Waals surface area (Å²) in [6, 6.07) is 56.2. The zero-order valence-corrected chi connectivity index (χ0v) is 30.3. The largest absolute Gasteiger partial charge is 0.309 e. The lowest BCUT2D eigenvalue weighted by molar-refractivity contribution is 0.299. The maximum absolute atomic E-state index is 4.98. The van der Waals surface area contributed by atoms with Crippen molar-refractivity contribution < 1.29 is 0 Å². The molecule has 0 atom stereocenters. The molecule has 0 fully saturated rings. The minimum Gasteiger partial charge on any atom is -0.309 e. The second-order valence-corrected chi connectivity index (χ2v) is 15.3. The first-order valence-corrected chi connectivity index (χ1v) is 18.4. The number of hydrogen-bond acceptors (Lipinski definition) is 3. The van der Waals surface area contributed by atoms with E-state index in [4.69, 9.17) is 15.0 Å². The molecule has 0 spiro atoms. The SMILES string of the molecule is CC1(C)c2cc3c(cc2-c2c(ccc4ccccc24)C1(C)C)c1ccccc1n3-c1ccc(-c2nc(-c3ccccc3)nc(-c3ccccc3)n2)cc1. The molecule has 4 heteroatoms. The summed E-state index contributed by atoms with van der Waals surface area (Å²) in [7, 11) is 0. The van der Waals surface area contributed by atoms with Gasteiger partial charge < -0.3 is 4.57 Å². The predicted octanol–water partition coefficient (Wildman–Crippen LogP) is 12.4. The third-order valence-electron chi connectivity index (χ3n) is 12.0. The van der Waals surface area contributed by atoms with Crippen molar-refractivity contribution in [3.05, 3.63) is 169 Å². The number of fused-ring (bicyclic) bond motifs is 8. The van der Waals surface area contributed by atoms with Gasteiger partial charge in [-0.25, -0.2) is 15.0 Å². The second kappa shape index (κ2) is 11.6. The molecule has 254 valence electrons. The number of para-hydroxylation sites is 1. The minimum atomic E-state index is -0.122. The molecule has 0 bridgehead atoms. The Balaban J connectivity index is 1.17. The topological polar surface area (TPSA) is 43.6 Å². The molecule has 0 radical (unpaired) electrons. The van der Waals surface area contributed by atoms with Gasteiger partial charge in [0.25, 0.3) is 0 Å². The number of aromatic nitrogens is 4. The van der Waals surface area contributed by atoms with E-state index in [-0.39, 0.29) is 10.8 Å². The molecule has 1 aliphatic carbocycles. The molecule has 0 saturated heterocycles. The van der Waals surface area contributed by atoms with Crippen LogP contribution in [-0.4, -0.2) is 19.5 Å². The van der Waals surface area contributed by atoms with Gasteiger partial charge in [0, 0.05) is 33.2 Å². The third kappa shape index (κ3) is 4.72. The molecule has 0 N–H and O–H groups in total. The lowest BCUT2D eigenvalue weighted by Gasteiger charge is -2.48. The van der Waals surface area contributed by atoms with Crippen molar-refractivity contribution in [2.45, 2.75) is 38.5 Å².